The molecule has 26 heavy (non-hydrogen) atoms. The highest BCUT2D eigenvalue weighted by atomic mass is 32.1. The standard InChI is InChI=1S/C15H12F6N2O2S/c1-2-3-10-11(12(24)25)26-13(23-10)22-9-5-7(14(16,17)18)4-8(6-9)15(19,20)21/h4-6H,2-3H2,1H3,(H,22,23)(H,24,25). The molecule has 0 spiro atoms. The minimum atomic E-state index is -4.97. The van der Waals surface area contributed by atoms with E-state index in [2.05, 4.69) is 10.3 Å². The molecule has 0 aliphatic heterocycles. The van der Waals surface area contributed by atoms with Gasteiger partial charge < -0.3 is 10.4 Å². The van der Waals surface area contributed by atoms with Crippen LogP contribution in [0.15, 0.2) is 18.2 Å². The van der Waals surface area contributed by atoms with Gasteiger partial charge >= 0.3 is 18.3 Å². The molecule has 0 radical (unpaired) electrons. The van der Waals surface area contributed by atoms with Crippen molar-refractivity contribution in [1.29, 1.82) is 0 Å². The Bertz CT molecular complexity index is 781. The van der Waals surface area contributed by atoms with E-state index in [1.54, 1.807) is 6.92 Å². The summed E-state index contributed by atoms with van der Waals surface area (Å²) < 4.78 is 77.2. The molecule has 1 heterocycles. The summed E-state index contributed by atoms with van der Waals surface area (Å²) in [5.41, 5.74) is -3.21. The Labute approximate surface area is 147 Å². The van der Waals surface area contributed by atoms with Crippen LogP contribution in [0.3, 0.4) is 0 Å². The zero-order valence-corrected chi connectivity index (χ0v) is 13.9. The van der Waals surface area contributed by atoms with Gasteiger partial charge in [0.25, 0.3) is 0 Å². The fraction of sp³-hybridized carbons (Fsp3) is 0.333. The number of aromatic nitrogens is 1. The number of aromatic carboxylic acids is 1. The number of benzene rings is 1. The molecule has 0 atom stereocenters. The molecule has 11 heteroatoms. The highest BCUT2D eigenvalue weighted by Gasteiger charge is 2.37. The van der Waals surface area contributed by atoms with Gasteiger partial charge in [0.2, 0.25) is 0 Å². The normalized spacial score (nSPS) is 12.3. The lowest BCUT2D eigenvalue weighted by Crippen LogP contribution is -2.11. The Morgan fingerprint density at radius 1 is 1.12 bits per heavy atom. The fourth-order valence-electron chi connectivity index (χ4n) is 2.13. The van der Waals surface area contributed by atoms with Crippen LogP contribution >= 0.6 is 11.3 Å². The van der Waals surface area contributed by atoms with Gasteiger partial charge in [-0.25, -0.2) is 9.78 Å². The number of halogens is 6. The van der Waals surface area contributed by atoms with E-state index in [1.165, 1.54) is 0 Å². The van der Waals surface area contributed by atoms with Gasteiger partial charge in [0, 0.05) is 5.69 Å². The summed E-state index contributed by atoms with van der Waals surface area (Å²) in [7, 11) is 0. The first-order valence-corrected chi connectivity index (χ1v) is 8.03. The van der Waals surface area contributed by atoms with Gasteiger partial charge in [0.1, 0.15) is 4.88 Å². The maximum absolute atomic E-state index is 12.9. The third-order valence-corrected chi connectivity index (χ3v) is 4.22. The number of nitrogens with zero attached hydrogens (tertiary/aromatic N) is 1. The van der Waals surface area contributed by atoms with Crippen molar-refractivity contribution in [2.24, 2.45) is 0 Å². The molecule has 0 unspecified atom stereocenters. The minimum absolute atomic E-state index is 0.0121. The number of aryl methyl sites for hydroxylation is 1. The summed E-state index contributed by atoms with van der Waals surface area (Å²) in [5.74, 6) is -1.26. The van der Waals surface area contributed by atoms with Crippen molar-refractivity contribution in [2.45, 2.75) is 32.1 Å². The summed E-state index contributed by atoms with van der Waals surface area (Å²) in [6.45, 7) is 1.78. The maximum Gasteiger partial charge on any atom is 0.416 e. The second-order valence-corrected chi connectivity index (χ2v) is 6.27. The van der Waals surface area contributed by atoms with Crippen LogP contribution in [0.2, 0.25) is 0 Å². The van der Waals surface area contributed by atoms with Gasteiger partial charge in [-0.05, 0) is 24.6 Å². The second-order valence-electron chi connectivity index (χ2n) is 5.27. The number of thiazole rings is 1. The van der Waals surface area contributed by atoms with Crippen LogP contribution in [0.25, 0.3) is 0 Å². The minimum Gasteiger partial charge on any atom is -0.477 e. The van der Waals surface area contributed by atoms with E-state index >= 15 is 0 Å². The van der Waals surface area contributed by atoms with E-state index in [4.69, 9.17) is 5.11 Å². The highest BCUT2D eigenvalue weighted by molar-refractivity contribution is 7.17. The third kappa shape index (κ3) is 4.65. The quantitative estimate of drug-likeness (QED) is 0.646. The molecule has 0 aliphatic carbocycles. The molecule has 4 nitrogen and oxygen atoms in total. The second kappa shape index (κ2) is 7.14. The highest BCUT2D eigenvalue weighted by Crippen LogP contribution is 2.38. The zero-order chi connectivity index (χ0) is 19.7. The average Bonchev–Trinajstić information content (AvgIpc) is 2.88. The SMILES string of the molecule is CCCc1nc(Nc2cc(C(F)(F)F)cc(C(F)(F)F)c2)sc1C(=O)O. The van der Waals surface area contributed by atoms with Crippen LogP contribution in [-0.4, -0.2) is 16.1 Å². The van der Waals surface area contributed by atoms with Gasteiger partial charge in [-0.3, -0.25) is 0 Å². The molecule has 0 saturated heterocycles. The lowest BCUT2D eigenvalue weighted by atomic mass is 10.1. The predicted octanol–water partition coefficient (Wildman–Crippen LogP) is 5.58. The van der Waals surface area contributed by atoms with E-state index in [0.717, 1.165) is 0 Å². The zero-order valence-electron chi connectivity index (χ0n) is 13.1. The number of hydrogen-bond donors (Lipinski definition) is 2. The van der Waals surface area contributed by atoms with Crippen LogP contribution in [0.5, 0.6) is 0 Å². The van der Waals surface area contributed by atoms with E-state index in [-0.39, 0.29) is 21.8 Å². The maximum atomic E-state index is 12.9. The smallest absolute Gasteiger partial charge is 0.416 e. The number of nitrogens with one attached hydrogen (secondary N) is 1. The van der Waals surface area contributed by atoms with E-state index in [0.29, 0.717) is 36.3 Å². The van der Waals surface area contributed by atoms with Crippen molar-refractivity contribution in [3.8, 4) is 0 Å². The Kier molecular flexibility index (Phi) is 5.49. The molecule has 1 aromatic carbocycles. The number of carboxylic acids is 1. The van der Waals surface area contributed by atoms with Gasteiger partial charge in [0.05, 0.1) is 16.8 Å². The number of rotatable bonds is 5. The first-order valence-electron chi connectivity index (χ1n) is 7.21. The molecule has 0 aliphatic rings. The number of hydrogen-bond acceptors (Lipinski definition) is 4. The molecule has 1 aromatic heterocycles. The molecule has 2 aromatic rings. The van der Waals surface area contributed by atoms with Crippen LogP contribution in [0.4, 0.5) is 37.2 Å². The summed E-state index contributed by atoms with van der Waals surface area (Å²) in [5, 5.41) is 11.4. The molecule has 0 fully saturated rings. The third-order valence-electron chi connectivity index (χ3n) is 3.22. The molecule has 142 valence electrons. The monoisotopic (exact) mass is 398 g/mol. The van der Waals surface area contributed by atoms with Crippen LogP contribution in [-0.2, 0) is 18.8 Å². The fourth-order valence-corrected chi connectivity index (χ4v) is 3.00. The van der Waals surface area contributed by atoms with Gasteiger partial charge in [0.15, 0.2) is 5.13 Å². The molecule has 2 N–H and O–H groups in total. The van der Waals surface area contributed by atoms with E-state index in [9.17, 15) is 31.1 Å². The Balaban J connectivity index is 2.46. The number of carbonyl (C=O) groups is 1. The number of alkyl halides is 6. The molecular weight excluding hydrogens is 386 g/mol. The van der Waals surface area contributed by atoms with Crippen molar-refractivity contribution in [3.63, 3.8) is 0 Å². The summed E-state index contributed by atoms with van der Waals surface area (Å²) in [4.78, 5) is 15.0. The van der Waals surface area contributed by atoms with Gasteiger partial charge in [-0.2, -0.15) is 26.3 Å². The first-order chi connectivity index (χ1) is 11.9. The van der Waals surface area contributed by atoms with Crippen molar-refractivity contribution >= 4 is 28.1 Å². The molecule has 0 saturated carbocycles. The predicted molar refractivity (Wildman–Crippen MR) is 82.8 cm³/mol. The summed E-state index contributed by atoms with van der Waals surface area (Å²) in [6.07, 6.45) is -9.05. The molecule has 2 rings (SSSR count). The van der Waals surface area contributed by atoms with Crippen LogP contribution in [0.1, 0.15) is 39.8 Å². The molecule has 0 bridgehead atoms. The first kappa shape index (κ1) is 20.0. The van der Waals surface area contributed by atoms with Crippen LogP contribution in [0, 0.1) is 0 Å². The Morgan fingerprint density at radius 3 is 2.08 bits per heavy atom. The molecular formula is C15H12F6N2O2S. The summed E-state index contributed by atoms with van der Waals surface area (Å²) >= 11 is 0.645. The topological polar surface area (TPSA) is 62.2 Å². The van der Waals surface area contributed by atoms with Crippen molar-refractivity contribution in [3.05, 3.63) is 39.9 Å². The van der Waals surface area contributed by atoms with Crippen molar-refractivity contribution in [1.82, 2.24) is 4.98 Å². The van der Waals surface area contributed by atoms with Gasteiger partial charge in [-0.15, -0.1) is 0 Å². The van der Waals surface area contributed by atoms with Gasteiger partial charge in [-0.1, -0.05) is 24.7 Å². The van der Waals surface area contributed by atoms with Crippen molar-refractivity contribution in [2.75, 3.05) is 5.32 Å². The van der Waals surface area contributed by atoms with E-state index < -0.39 is 35.1 Å². The lowest BCUT2D eigenvalue weighted by molar-refractivity contribution is -0.143. The van der Waals surface area contributed by atoms with Crippen molar-refractivity contribution < 1.29 is 36.2 Å². The van der Waals surface area contributed by atoms with Crippen LogP contribution < -0.4 is 5.32 Å². The largest absolute Gasteiger partial charge is 0.477 e. The molecule has 0 amide bonds. The lowest BCUT2D eigenvalue weighted by Gasteiger charge is -2.14. The van der Waals surface area contributed by atoms with E-state index in [1.807, 2.05) is 0 Å². The Hall–Kier alpha value is -2.30. The summed E-state index contributed by atoms with van der Waals surface area (Å²) in [6, 6.07) is 1.03. The number of carboxylic acid groups (broad SMARTS) is 1. The average molecular weight is 398 g/mol. The Morgan fingerprint density at radius 2 is 1.65 bits per heavy atom. The number of anilines is 2.